The second-order valence-corrected chi connectivity index (χ2v) is 6.82. The van der Waals surface area contributed by atoms with E-state index in [1.54, 1.807) is 0 Å². The number of rotatable bonds is 4. The molecule has 1 saturated carbocycles. The first-order valence-electron chi connectivity index (χ1n) is 8.93. The Morgan fingerprint density at radius 3 is 2.64 bits per heavy atom. The third-order valence-electron chi connectivity index (χ3n) is 4.71. The van der Waals surface area contributed by atoms with Gasteiger partial charge < -0.3 is 10.2 Å². The smallest absolute Gasteiger partial charge is 0.321 e. The van der Waals surface area contributed by atoms with Gasteiger partial charge in [-0.15, -0.1) is 5.10 Å². The van der Waals surface area contributed by atoms with Crippen LogP contribution in [0.3, 0.4) is 0 Å². The molecule has 8 heteroatoms. The average Bonchev–Trinajstić information content (AvgIpc) is 3.41. The van der Waals surface area contributed by atoms with E-state index in [4.69, 9.17) is 0 Å². The van der Waals surface area contributed by atoms with E-state index in [1.807, 2.05) is 26.0 Å². The van der Waals surface area contributed by atoms with Crippen LogP contribution in [0.5, 0.6) is 0 Å². The van der Waals surface area contributed by atoms with Gasteiger partial charge in [0, 0.05) is 32.2 Å². The number of carbonyl (C=O) groups excluding carboxylic acids is 2. The zero-order valence-electron chi connectivity index (χ0n) is 14.9. The lowest BCUT2D eigenvalue weighted by Gasteiger charge is -2.26. The molecule has 1 atom stereocenters. The number of imide groups is 1. The molecule has 3 amide bonds. The zero-order valence-corrected chi connectivity index (χ0v) is 14.9. The Kier molecular flexibility index (Phi) is 5.47. The fraction of sp³-hybridized carbons (Fsp3) is 0.647. The van der Waals surface area contributed by atoms with Gasteiger partial charge in [0.2, 0.25) is 5.91 Å². The molecule has 0 unspecified atom stereocenters. The minimum atomic E-state index is -0.384. The molecule has 0 radical (unpaired) electrons. The summed E-state index contributed by atoms with van der Waals surface area (Å²) in [5, 5.41) is 13.6. The van der Waals surface area contributed by atoms with Crippen LogP contribution < -0.4 is 15.5 Å². The lowest BCUT2D eigenvalue weighted by atomic mass is 10.2. The van der Waals surface area contributed by atoms with Crippen LogP contribution in [0.2, 0.25) is 0 Å². The Bertz CT molecular complexity index is 616. The second-order valence-electron chi connectivity index (χ2n) is 6.82. The van der Waals surface area contributed by atoms with Crippen LogP contribution in [0.25, 0.3) is 0 Å². The highest BCUT2D eigenvalue weighted by atomic mass is 16.2. The second kappa shape index (κ2) is 7.77. The summed E-state index contributed by atoms with van der Waals surface area (Å²) in [5.41, 5.74) is 0.898. The van der Waals surface area contributed by atoms with Crippen molar-refractivity contribution < 1.29 is 9.59 Å². The van der Waals surface area contributed by atoms with Gasteiger partial charge in [-0.25, -0.2) is 4.79 Å². The van der Waals surface area contributed by atoms with Crippen LogP contribution in [-0.2, 0) is 4.79 Å². The van der Waals surface area contributed by atoms with Crippen LogP contribution in [0.4, 0.5) is 10.6 Å². The van der Waals surface area contributed by atoms with Crippen molar-refractivity contribution in [3.63, 3.8) is 0 Å². The zero-order chi connectivity index (χ0) is 17.8. The van der Waals surface area contributed by atoms with Crippen LogP contribution in [0, 0.1) is 6.92 Å². The van der Waals surface area contributed by atoms with Crippen LogP contribution in [-0.4, -0.2) is 65.3 Å². The van der Waals surface area contributed by atoms with Crippen molar-refractivity contribution in [3.8, 4) is 0 Å². The number of carbonyl (C=O) groups is 2. The molecule has 3 rings (SSSR count). The average molecular weight is 346 g/mol. The monoisotopic (exact) mass is 346 g/mol. The number of nitrogens with one attached hydrogen (secondary N) is 2. The normalized spacial score (nSPS) is 19.8. The predicted octanol–water partition coefficient (Wildman–Crippen LogP) is 0.674. The maximum atomic E-state index is 12.3. The molecule has 0 spiro atoms. The van der Waals surface area contributed by atoms with Gasteiger partial charge in [-0.1, -0.05) is 0 Å². The quantitative estimate of drug-likeness (QED) is 0.833. The first-order chi connectivity index (χ1) is 12.0. The van der Waals surface area contributed by atoms with E-state index in [0.29, 0.717) is 0 Å². The van der Waals surface area contributed by atoms with Crippen molar-refractivity contribution in [1.82, 2.24) is 25.7 Å². The number of hydrogen-bond donors (Lipinski definition) is 2. The molecule has 0 bridgehead atoms. The number of aromatic nitrogens is 2. The lowest BCUT2D eigenvalue weighted by molar-refractivity contribution is -0.124. The summed E-state index contributed by atoms with van der Waals surface area (Å²) in [6, 6.07) is 3.46. The van der Waals surface area contributed by atoms with E-state index in [1.165, 1.54) is 0 Å². The van der Waals surface area contributed by atoms with Crippen molar-refractivity contribution in [1.29, 1.82) is 0 Å². The summed E-state index contributed by atoms with van der Waals surface area (Å²) < 4.78 is 0. The summed E-state index contributed by atoms with van der Waals surface area (Å²) in [6.45, 7) is 6.99. The standard InChI is InChI=1S/C17H26N6O2/c1-12-4-7-15(21-20-12)23-9-3-8-22(10-11-23)13(2)16(24)19-17(25)18-14-5-6-14/h4,7,13-14H,3,5-6,8-11H2,1-2H3,(H2,18,19,24,25)/t13-/m1/s1. The highest BCUT2D eigenvalue weighted by Gasteiger charge is 2.28. The van der Waals surface area contributed by atoms with Crippen LogP contribution in [0.1, 0.15) is 31.9 Å². The fourth-order valence-electron chi connectivity index (χ4n) is 2.95. The third kappa shape index (κ3) is 4.88. The molecular weight excluding hydrogens is 320 g/mol. The van der Waals surface area contributed by atoms with Gasteiger partial charge in [-0.05, 0) is 45.2 Å². The Balaban J connectivity index is 1.51. The van der Waals surface area contributed by atoms with Gasteiger partial charge in [0.15, 0.2) is 5.82 Å². The number of urea groups is 1. The number of aryl methyl sites for hydroxylation is 1. The van der Waals surface area contributed by atoms with Crippen LogP contribution >= 0.6 is 0 Å². The Morgan fingerprint density at radius 1 is 1.16 bits per heavy atom. The Labute approximate surface area is 148 Å². The first kappa shape index (κ1) is 17.6. The number of hydrogen-bond acceptors (Lipinski definition) is 6. The molecule has 8 nitrogen and oxygen atoms in total. The molecule has 2 heterocycles. The summed E-state index contributed by atoms with van der Waals surface area (Å²) in [5.74, 6) is 0.620. The number of anilines is 1. The molecule has 2 fully saturated rings. The molecule has 136 valence electrons. The van der Waals surface area contributed by atoms with E-state index in [9.17, 15) is 9.59 Å². The van der Waals surface area contributed by atoms with E-state index in [0.717, 1.165) is 57.0 Å². The van der Waals surface area contributed by atoms with Gasteiger partial charge >= 0.3 is 6.03 Å². The molecule has 1 aliphatic carbocycles. The van der Waals surface area contributed by atoms with E-state index < -0.39 is 0 Å². The van der Waals surface area contributed by atoms with Gasteiger partial charge in [0.1, 0.15) is 0 Å². The molecule has 1 aliphatic heterocycles. The minimum absolute atomic E-state index is 0.241. The summed E-state index contributed by atoms with van der Waals surface area (Å²) in [7, 11) is 0. The SMILES string of the molecule is Cc1ccc(N2CCCN([C@H](C)C(=O)NC(=O)NC3CC3)CC2)nn1. The molecule has 1 aromatic heterocycles. The van der Waals surface area contributed by atoms with Crippen molar-refractivity contribution in [3.05, 3.63) is 17.8 Å². The van der Waals surface area contributed by atoms with Gasteiger partial charge in [0.05, 0.1) is 11.7 Å². The van der Waals surface area contributed by atoms with E-state index in [2.05, 4.69) is 30.6 Å². The fourth-order valence-corrected chi connectivity index (χ4v) is 2.95. The molecule has 1 saturated heterocycles. The molecule has 2 aliphatic rings. The summed E-state index contributed by atoms with van der Waals surface area (Å²) in [6.07, 6.45) is 2.93. The topological polar surface area (TPSA) is 90.5 Å². The lowest BCUT2D eigenvalue weighted by Crippen LogP contribution is -2.50. The summed E-state index contributed by atoms with van der Waals surface area (Å²) >= 11 is 0. The number of nitrogens with zero attached hydrogens (tertiary/aromatic N) is 4. The highest BCUT2D eigenvalue weighted by Crippen LogP contribution is 2.18. The molecule has 1 aromatic rings. The molecule has 0 aromatic carbocycles. The van der Waals surface area contributed by atoms with Crippen molar-refractivity contribution in [2.45, 2.75) is 45.2 Å². The van der Waals surface area contributed by atoms with E-state index >= 15 is 0 Å². The molecular formula is C17H26N6O2. The number of amides is 3. The van der Waals surface area contributed by atoms with Crippen molar-refractivity contribution in [2.24, 2.45) is 0 Å². The first-order valence-corrected chi connectivity index (χ1v) is 8.93. The van der Waals surface area contributed by atoms with Gasteiger partial charge in [-0.3, -0.25) is 15.0 Å². The Hall–Kier alpha value is -2.22. The molecule has 2 N–H and O–H groups in total. The van der Waals surface area contributed by atoms with Crippen molar-refractivity contribution in [2.75, 3.05) is 31.1 Å². The highest BCUT2D eigenvalue weighted by molar-refractivity contribution is 5.97. The summed E-state index contributed by atoms with van der Waals surface area (Å²) in [4.78, 5) is 28.3. The van der Waals surface area contributed by atoms with Crippen molar-refractivity contribution >= 4 is 17.8 Å². The maximum Gasteiger partial charge on any atom is 0.321 e. The van der Waals surface area contributed by atoms with Gasteiger partial charge in [-0.2, -0.15) is 5.10 Å². The largest absolute Gasteiger partial charge is 0.354 e. The van der Waals surface area contributed by atoms with Crippen LogP contribution in [0.15, 0.2) is 12.1 Å². The van der Waals surface area contributed by atoms with Gasteiger partial charge in [0.25, 0.3) is 0 Å². The third-order valence-corrected chi connectivity index (χ3v) is 4.71. The van der Waals surface area contributed by atoms with E-state index in [-0.39, 0.29) is 24.0 Å². The predicted molar refractivity (Wildman–Crippen MR) is 94.3 cm³/mol. The Morgan fingerprint density at radius 2 is 1.96 bits per heavy atom. The maximum absolute atomic E-state index is 12.3. The molecule has 25 heavy (non-hydrogen) atoms. The minimum Gasteiger partial charge on any atom is -0.354 e.